The van der Waals surface area contributed by atoms with Gasteiger partial charge in [0.25, 0.3) is 0 Å². The van der Waals surface area contributed by atoms with Gasteiger partial charge < -0.3 is 24.2 Å². The molecule has 1 saturated heterocycles. The first kappa shape index (κ1) is 27.1. The van der Waals surface area contributed by atoms with Crippen molar-refractivity contribution >= 4 is 17.5 Å². The van der Waals surface area contributed by atoms with Crippen molar-refractivity contribution in [2.75, 3.05) is 50.9 Å². The number of hydrogen-bond acceptors (Lipinski definition) is 5. The molecule has 0 atom stereocenters. The molecule has 4 rings (SSSR count). The summed E-state index contributed by atoms with van der Waals surface area (Å²) in [6.45, 7) is 9.56. The van der Waals surface area contributed by atoms with Crippen molar-refractivity contribution in [3.05, 3.63) is 59.7 Å². The lowest BCUT2D eigenvalue weighted by Gasteiger charge is -2.36. The largest absolute Gasteiger partial charge is 0.494 e. The Morgan fingerprint density at radius 3 is 2.35 bits per heavy atom. The fourth-order valence-corrected chi connectivity index (χ4v) is 5.43. The molecule has 2 aliphatic heterocycles. The highest BCUT2D eigenvalue weighted by Gasteiger charge is 2.25. The van der Waals surface area contributed by atoms with Crippen LogP contribution in [-0.2, 0) is 27.3 Å². The molecule has 0 N–H and O–H groups in total. The number of ether oxygens (including phenoxy) is 2. The average molecular weight is 508 g/mol. The predicted octanol–water partition coefficient (Wildman–Crippen LogP) is 4.28. The maximum atomic E-state index is 13.6. The van der Waals surface area contributed by atoms with Gasteiger partial charge in [0, 0.05) is 64.6 Å². The normalized spacial score (nSPS) is 18.4. The van der Waals surface area contributed by atoms with Gasteiger partial charge in [-0.25, -0.2) is 0 Å². The topological polar surface area (TPSA) is 62.3 Å². The fourth-order valence-electron chi connectivity index (χ4n) is 5.43. The van der Waals surface area contributed by atoms with Crippen molar-refractivity contribution in [3.63, 3.8) is 0 Å². The third-order valence-electron chi connectivity index (χ3n) is 7.37. The van der Waals surface area contributed by atoms with Gasteiger partial charge in [-0.15, -0.1) is 0 Å². The fraction of sp³-hybridized carbons (Fsp3) is 0.533. The Morgan fingerprint density at radius 1 is 0.946 bits per heavy atom. The minimum atomic E-state index is 0.0365. The Balaban J connectivity index is 1.56. The van der Waals surface area contributed by atoms with Gasteiger partial charge in [0.2, 0.25) is 11.8 Å². The Hall–Kier alpha value is -2.90. The van der Waals surface area contributed by atoms with E-state index in [4.69, 9.17) is 9.47 Å². The molecule has 2 aliphatic rings. The van der Waals surface area contributed by atoms with Crippen LogP contribution in [0.3, 0.4) is 0 Å². The van der Waals surface area contributed by atoms with E-state index in [2.05, 4.69) is 4.90 Å². The molecule has 2 amide bonds. The number of rotatable bonds is 5. The smallest absolute Gasteiger partial charge is 0.227 e. The van der Waals surface area contributed by atoms with Crippen LogP contribution in [-0.4, -0.2) is 73.7 Å². The van der Waals surface area contributed by atoms with Crippen LogP contribution in [0.4, 0.5) is 5.69 Å². The number of amides is 2. The van der Waals surface area contributed by atoms with Crippen LogP contribution < -0.4 is 9.64 Å². The molecule has 0 aromatic heterocycles. The number of nitrogens with zero attached hydrogens (tertiary/aromatic N) is 3. The maximum absolute atomic E-state index is 13.6. The third kappa shape index (κ3) is 7.55. The summed E-state index contributed by atoms with van der Waals surface area (Å²) >= 11 is 0. The van der Waals surface area contributed by atoms with Gasteiger partial charge in [-0.2, -0.15) is 0 Å². The van der Waals surface area contributed by atoms with Crippen LogP contribution in [0.1, 0.15) is 50.7 Å². The van der Waals surface area contributed by atoms with Crippen LogP contribution in [0.15, 0.2) is 48.5 Å². The minimum Gasteiger partial charge on any atom is -0.494 e. The third-order valence-corrected chi connectivity index (χ3v) is 7.37. The molecule has 0 unspecified atom stereocenters. The molecular formula is C30H41N3O4. The van der Waals surface area contributed by atoms with Crippen molar-refractivity contribution < 1.29 is 19.1 Å². The number of benzene rings is 2. The lowest BCUT2D eigenvalue weighted by Crippen LogP contribution is -2.44. The monoisotopic (exact) mass is 507 g/mol. The van der Waals surface area contributed by atoms with E-state index in [1.165, 1.54) is 0 Å². The molecule has 1 fully saturated rings. The molecule has 0 radical (unpaired) electrons. The summed E-state index contributed by atoms with van der Waals surface area (Å²) in [7, 11) is 0. The van der Waals surface area contributed by atoms with Crippen molar-refractivity contribution in [2.24, 2.45) is 0 Å². The second-order valence-corrected chi connectivity index (χ2v) is 9.96. The number of anilines is 1. The first-order valence-electron chi connectivity index (χ1n) is 13.7. The molecule has 2 heterocycles. The van der Waals surface area contributed by atoms with Gasteiger partial charge in [0.05, 0.1) is 13.0 Å². The Morgan fingerprint density at radius 2 is 1.65 bits per heavy atom. The van der Waals surface area contributed by atoms with E-state index in [-0.39, 0.29) is 11.8 Å². The highest BCUT2D eigenvalue weighted by atomic mass is 16.5. The number of carbonyl (C=O) groups is 2. The number of hydrogen-bond donors (Lipinski definition) is 0. The molecule has 2 aromatic carbocycles. The van der Waals surface area contributed by atoms with Gasteiger partial charge in [0.1, 0.15) is 5.75 Å². The van der Waals surface area contributed by atoms with Crippen LogP contribution in [0.25, 0.3) is 0 Å². The second-order valence-electron chi connectivity index (χ2n) is 9.96. The highest BCUT2D eigenvalue weighted by Crippen LogP contribution is 2.25. The lowest BCUT2D eigenvalue weighted by molar-refractivity contribution is -0.131. The Labute approximate surface area is 221 Å². The summed E-state index contributed by atoms with van der Waals surface area (Å²) in [5.74, 6) is 0.953. The zero-order valence-corrected chi connectivity index (χ0v) is 22.4. The Bertz CT molecular complexity index is 1020. The molecule has 0 bridgehead atoms. The number of fused-ring (bicyclic) bond motifs is 1. The summed E-state index contributed by atoms with van der Waals surface area (Å²) in [6.07, 6.45) is 4.27. The van der Waals surface area contributed by atoms with E-state index in [1.807, 2.05) is 65.3 Å². The number of para-hydroxylation sites is 1. The van der Waals surface area contributed by atoms with Crippen molar-refractivity contribution in [2.45, 2.75) is 58.5 Å². The Kier molecular flexibility index (Phi) is 9.97. The van der Waals surface area contributed by atoms with E-state index in [1.54, 1.807) is 6.92 Å². The summed E-state index contributed by atoms with van der Waals surface area (Å²) in [4.78, 5) is 32.7. The van der Waals surface area contributed by atoms with Gasteiger partial charge in [-0.1, -0.05) is 30.3 Å². The van der Waals surface area contributed by atoms with Gasteiger partial charge in [-0.05, 0) is 61.9 Å². The van der Waals surface area contributed by atoms with E-state index in [0.717, 1.165) is 74.6 Å². The van der Waals surface area contributed by atoms with Crippen LogP contribution in [0.2, 0.25) is 0 Å². The van der Waals surface area contributed by atoms with Crippen LogP contribution in [0.5, 0.6) is 5.75 Å². The van der Waals surface area contributed by atoms with Gasteiger partial charge in [0.15, 0.2) is 0 Å². The average Bonchev–Trinajstić information content (AvgIpc) is 2.90. The van der Waals surface area contributed by atoms with Crippen molar-refractivity contribution in [1.82, 2.24) is 9.80 Å². The van der Waals surface area contributed by atoms with Crippen molar-refractivity contribution in [3.8, 4) is 5.75 Å². The zero-order chi connectivity index (χ0) is 26.0. The summed E-state index contributed by atoms with van der Waals surface area (Å²) in [5.41, 5.74) is 2.90. The molecule has 7 nitrogen and oxygen atoms in total. The van der Waals surface area contributed by atoms with Gasteiger partial charge >= 0.3 is 0 Å². The number of carbonyl (C=O) groups excluding carboxylic acids is 2. The molecule has 0 spiro atoms. The maximum Gasteiger partial charge on any atom is 0.227 e. The summed E-state index contributed by atoms with van der Waals surface area (Å²) < 4.78 is 11.1. The first-order chi connectivity index (χ1) is 18.0. The van der Waals surface area contributed by atoms with E-state index in [0.29, 0.717) is 38.7 Å². The zero-order valence-electron chi connectivity index (χ0n) is 22.4. The second kappa shape index (κ2) is 13.6. The molecule has 200 valence electrons. The molecule has 7 heteroatoms. The molecule has 0 aliphatic carbocycles. The lowest BCUT2D eigenvalue weighted by atomic mass is 10.1. The minimum absolute atomic E-state index is 0.0365. The van der Waals surface area contributed by atoms with E-state index >= 15 is 0 Å². The molecular weight excluding hydrogens is 466 g/mol. The van der Waals surface area contributed by atoms with Crippen molar-refractivity contribution in [1.29, 1.82) is 0 Å². The summed E-state index contributed by atoms with van der Waals surface area (Å²) in [6, 6.07) is 16.3. The van der Waals surface area contributed by atoms with E-state index < -0.39 is 0 Å². The van der Waals surface area contributed by atoms with E-state index in [9.17, 15) is 9.59 Å². The molecule has 2 aromatic rings. The summed E-state index contributed by atoms with van der Waals surface area (Å²) in [5, 5.41) is 0. The standard InChI is InChI=1S/C30H41N3O4/c1-3-37-28-12-10-25(11-13-28)22-30(35)32-18-6-16-31(27-14-20-36-21-15-27)17-7-19-33(24(2)34)29-9-5-4-8-26(29)23-32/h4-5,8-13,27H,3,6-7,14-23H2,1-2H3. The van der Waals surface area contributed by atoms with Crippen LogP contribution >= 0.6 is 0 Å². The molecule has 0 saturated carbocycles. The molecule has 37 heavy (non-hydrogen) atoms. The van der Waals surface area contributed by atoms with Crippen LogP contribution in [0, 0.1) is 0 Å². The highest BCUT2D eigenvalue weighted by molar-refractivity contribution is 5.92. The quantitative estimate of drug-likeness (QED) is 0.605. The SMILES string of the molecule is CCOc1ccc(CC(=O)N2CCCN(C3CCOCC3)CCCN(C(C)=O)c3ccccc3C2)cc1. The predicted molar refractivity (Wildman–Crippen MR) is 146 cm³/mol. The first-order valence-corrected chi connectivity index (χ1v) is 13.7. The van der Waals surface area contributed by atoms with Gasteiger partial charge in [-0.3, -0.25) is 9.59 Å².